The Morgan fingerprint density at radius 3 is 2.53 bits per heavy atom. The van der Waals surface area contributed by atoms with Crippen LogP contribution in [0.3, 0.4) is 0 Å². The van der Waals surface area contributed by atoms with Gasteiger partial charge in [-0.05, 0) is 38.2 Å². The van der Waals surface area contributed by atoms with E-state index >= 15 is 0 Å². The maximum atomic E-state index is 14.7. The molecule has 204 valence electrons. The highest BCUT2D eigenvalue weighted by molar-refractivity contribution is 7.91. The van der Waals surface area contributed by atoms with Crippen LogP contribution in [0.4, 0.5) is 10.1 Å². The fraction of sp³-hybridized carbons (Fsp3) is 0.607. The molecule has 10 heteroatoms. The van der Waals surface area contributed by atoms with Crippen molar-refractivity contribution < 1.29 is 22.0 Å². The molecule has 1 N–H and O–H groups in total. The predicted molar refractivity (Wildman–Crippen MR) is 142 cm³/mol. The van der Waals surface area contributed by atoms with Gasteiger partial charge in [-0.3, -0.25) is 4.79 Å². The van der Waals surface area contributed by atoms with E-state index < -0.39 is 38.8 Å². The molecule has 0 spiro atoms. The second kappa shape index (κ2) is 9.67. The topological polar surface area (TPSA) is 116 Å². The van der Waals surface area contributed by atoms with Gasteiger partial charge in [-0.25, -0.2) is 17.8 Å². The highest BCUT2D eigenvalue weighted by Gasteiger charge is 2.48. The minimum Gasteiger partial charge on any atom is -0.444 e. The molecule has 2 aliphatic carbocycles. The molecule has 3 atom stereocenters. The number of halogens is 1. The number of para-hydroxylation sites is 1. The minimum atomic E-state index is -3.05. The fourth-order valence-corrected chi connectivity index (χ4v) is 6.64. The molecule has 1 aromatic heterocycles. The van der Waals surface area contributed by atoms with Crippen LogP contribution in [-0.4, -0.2) is 55.6 Å². The lowest BCUT2D eigenvalue weighted by Gasteiger charge is -2.33. The Kier molecular flexibility index (Phi) is 6.79. The number of nitrogens with zero attached hydrogens (tertiary/aromatic N) is 3. The van der Waals surface area contributed by atoms with Crippen molar-refractivity contribution in [2.75, 3.05) is 29.5 Å². The first kappa shape index (κ1) is 26.7. The number of hydrogen-bond acceptors (Lipinski definition) is 7. The van der Waals surface area contributed by atoms with Crippen molar-refractivity contribution >= 4 is 21.4 Å². The van der Waals surface area contributed by atoms with E-state index in [2.05, 4.69) is 16.3 Å². The van der Waals surface area contributed by atoms with Gasteiger partial charge < -0.3 is 14.6 Å². The fourth-order valence-electron chi connectivity index (χ4n) is 5.44. The molecule has 3 fully saturated rings. The highest BCUT2D eigenvalue weighted by Crippen LogP contribution is 2.46. The molecule has 8 nitrogen and oxygen atoms in total. The molecule has 0 radical (unpaired) electrons. The summed E-state index contributed by atoms with van der Waals surface area (Å²) >= 11 is 0. The summed E-state index contributed by atoms with van der Waals surface area (Å²) in [5.74, 6) is -0.142. The molecule has 38 heavy (non-hydrogen) atoms. The summed E-state index contributed by atoms with van der Waals surface area (Å²) in [6.07, 6.45) is 0.909. The lowest BCUT2D eigenvalue weighted by atomic mass is 9.75. The van der Waals surface area contributed by atoms with Crippen molar-refractivity contribution in [2.24, 2.45) is 5.92 Å². The zero-order valence-corrected chi connectivity index (χ0v) is 23.0. The Labute approximate surface area is 223 Å². The van der Waals surface area contributed by atoms with Crippen LogP contribution in [0, 0.1) is 17.2 Å². The maximum absolute atomic E-state index is 14.7. The summed E-state index contributed by atoms with van der Waals surface area (Å²) in [7, 11) is -3.05. The van der Waals surface area contributed by atoms with Gasteiger partial charge >= 0.3 is 0 Å². The second-order valence-electron chi connectivity index (χ2n) is 11.9. The van der Waals surface area contributed by atoms with E-state index in [4.69, 9.17) is 9.40 Å². The number of carbonyl (C=O) groups is 1. The molecule has 0 bridgehead atoms. The van der Waals surface area contributed by atoms with E-state index in [0.29, 0.717) is 56.1 Å². The third-order valence-electron chi connectivity index (χ3n) is 7.93. The summed E-state index contributed by atoms with van der Waals surface area (Å²) in [4.78, 5) is 20.4. The van der Waals surface area contributed by atoms with E-state index in [1.807, 2.05) is 45.0 Å². The zero-order chi connectivity index (χ0) is 27.3. The number of alkyl halides is 1. The van der Waals surface area contributed by atoms with Crippen molar-refractivity contribution in [3.63, 3.8) is 0 Å². The zero-order valence-electron chi connectivity index (χ0n) is 22.2. The van der Waals surface area contributed by atoms with Crippen molar-refractivity contribution in [1.82, 2.24) is 10.3 Å². The number of amides is 1. The molecular weight excluding hydrogens is 507 g/mol. The first-order chi connectivity index (χ1) is 17.9. The van der Waals surface area contributed by atoms with Crippen LogP contribution in [0.25, 0.3) is 11.3 Å². The second-order valence-corrected chi connectivity index (χ2v) is 14.2. The SMILES string of the molecule is CC(C)(C)c1nc(-c2ccccc2N2CCS(=O)(=O)CC2)c([C@@H]2CC[C@H](F)C[C@H]2C(=O)NC2(C#N)CC2)o1. The predicted octanol–water partition coefficient (Wildman–Crippen LogP) is 4.27. The Bertz CT molecular complexity index is 1360. The van der Waals surface area contributed by atoms with Gasteiger partial charge in [0, 0.05) is 35.7 Å². The van der Waals surface area contributed by atoms with E-state index in [1.165, 1.54) is 0 Å². The van der Waals surface area contributed by atoms with Gasteiger partial charge in [-0.1, -0.05) is 39.0 Å². The molecule has 0 unspecified atom stereocenters. The number of rotatable bonds is 5. The summed E-state index contributed by atoms with van der Waals surface area (Å²) in [6, 6.07) is 9.90. The Morgan fingerprint density at radius 1 is 1.21 bits per heavy atom. The van der Waals surface area contributed by atoms with Gasteiger partial charge in [-0.2, -0.15) is 5.26 Å². The van der Waals surface area contributed by atoms with Crippen molar-refractivity contribution in [1.29, 1.82) is 5.26 Å². The van der Waals surface area contributed by atoms with Gasteiger partial charge in [0.2, 0.25) is 5.91 Å². The van der Waals surface area contributed by atoms with Crippen molar-refractivity contribution in [2.45, 2.75) is 75.9 Å². The molecule has 1 amide bonds. The monoisotopic (exact) mass is 542 g/mol. The molecule has 5 rings (SSSR count). The molecule has 3 aliphatic rings. The van der Waals surface area contributed by atoms with Crippen LogP contribution in [0.1, 0.15) is 70.4 Å². The minimum absolute atomic E-state index is 0.0641. The van der Waals surface area contributed by atoms with Gasteiger partial charge in [0.1, 0.15) is 23.2 Å². The largest absolute Gasteiger partial charge is 0.444 e. The smallest absolute Gasteiger partial charge is 0.225 e. The van der Waals surface area contributed by atoms with E-state index in [1.54, 1.807) is 0 Å². The van der Waals surface area contributed by atoms with Crippen molar-refractivity contribution in [3.05, 3.63) is 35.9 Å². The molecule has 2 saturated carbocycles. The number of anilines is 1. The number of benzene rings is 1. The lowest BCUT2D eigenvalue weighted by Crippen LogP contribution is -2.44. The quantitative estimate of drug-likeness (QED) is 0.600. The number of hydrogen-bond donors (Lipinski definition) is 1. The van der Waals surface area contributed by atoms with Gasteiger partial charge in [0.15, 0.2) is 15.7 Å². The summed E-state index contributed by atoms with van der Waals surface area (Å²) in [5.41, 5.74) is 1.03. The van der Waals surface area contributed by atoms with Gasteiger partial charge in [-0.15, -0.1) is 0 Å². The standard InChI is InChI=1S/C28H35FN4O4S/c1-27(2,3)26-31-23(20-6-4-5-7-22(20)33-12-14-38(35,36)15-13-33)24(37-26)19-9-8-18(29)16-21(19)25(34)32-28(17-30)10-11-28/h4-7,18-19,21H,8-16H2,1-3H3,(H,32,34)/t18-,19+,21+/m0/s1. The number of oxazole rings is 1. The normalized spacial score (nSPS) is 26.4. The first-order valence-electron chi connectivity index (χ1n) is 13.3. The van der Waals surface area contributed by atoms with Crippen molar-refractivity contribution in [3.8, 4) is 17.3 Å². The number of nitriles is 1. The summed E-state index contributed by atoms with van der Waals surface area (Å²) in [6.45, 7) is 6.76. The van der Waals surface area contributed by atoms with Crippen LogP contribution < -0.4 is 10.2 Å². The van der Waals surface area contributed by atoms with E-state index in [0.717, 1.165) is 11.3 Å². The maximum Gasteiger partial charge on any atom is 0.225 e. The first-order valence-corrected chi connectivity index (χ1v) is 15.2. The number of nitrogens with one attached hydrogen (secondary N) is 1. The summed E-state index contributed by atoms with van der Waals surface area (Å²) < 4.78 is 45.2. The van der Waals surface area contributed by atoms with E-state index in [-0.39, 0.29) is 23.8 Å². The highest BCUT2D eigenvalue weighted by atomic mass is 32.2. The Balaban J connectivity index is 1.57. The molecule has 2 heterocycles. The Morgan fingerprint density at radius 2 is 1.89 bits per heavy atom. The third-order valence-corrected chi connectivity index (χ3v) is 9.53. The van der Waals surface area contributed by atoms with Crippen LogP contribution >= 0.6 is 0 Å². The number of sulfone groups is 1. The van der Waals surface area contributed by atoms with Crippen LogP contribution in [0.5, 0.6) is 0 Å². The van der Waals surface area contributed by atoms with Gasteiger partial charge in [0.05, 0.1) is 23.5 Å². The summed E-state index contributed by atoms with van der Waals surface area (Å²) in [5, 5.41) is 12.4. The molecule has 2 aromatic rings. The average molecular weight is 543 g/mol. The van der Waals surface area contributed by atoms with Crippen LogP contribution in [0.15, 0.2) is 28.7 Å². The van der Waals surface area contributed by atoms with Crippen LogP contribution in [0.2, 0.25) is 0 Å². The average Bonchev–Trinajstić information content (AvgIpc) is 3.49. The molecular formula is C28H35FN4O4S. The molecule has 1 aliphatic heterocycles. The third kappa shape index (κ3) is 5.31. The van der Waals surface area contributed by atoms with Crippen LogP contribution in [-0.2, 0) is 20.0 Å². The number of aromatic nitrogens is 1. The number of carbonyl (C=O) groups excluding carboxylic acids is 1. The van der Waals surface area contributed by atoms with E-state index in [9.17, 15) is 22.9 Å². The molecule has 1 saturated heterocycles. The molecule has 1 aromatic carbocycles. The van der Waals surface area contributed by atoms with Gasteiger partial charge in [0.25, 0.3) is 0 Å². The lowest BCUT2D eigenvalue weighted by molar-refractivity contribution is -0.128. The Hall–Kier alpha value is -2.93.